The van der Waals surface area contributed by atoms with E-state index >= 15 is 0 Å². The molecule has 3 nitrogen and oxygen atoms in total. The van der Waals surface area contributed by atoms with Gasteiger partial charge in [-0.1, -0.05) is 6.08 Å². The van der Waals surface area contributed by atoms with E-state index < -0.39 is 0 Å². The van der Waals surface area contributed by atoms with E-state index in [2.05, 4.69) is 6.58 Å². The Morgan fingerprint density at radius 2 is 2.06 bits per heavy atom. The molecule has 0 spiro atoms. The summed E-state index contributed by atoms with van der Waals surface area (Å²) in [6.07, 6.45) is 3.98. The van der Waals surface area contributed by atoms with Gasteiger partial charge in [0.05, 0.1) is 0 Å². The Kier molecular flexibility index (Phi) is 2.95. The van der Waals surface area contributed by atoms with E-state index in [1.165, 1.54) is 0 Å². The van der Waals surface area contributed by atoms with Crippen LogP contribution in [-0.2, 0) is 0 Å². The minimum Gasteiger partial charge on any atom is -0.399 e. The van der Waals surface area contributed by atoms with Crippen LogP contribution in [0.4, 0.5) is 5.69 Å². The quantitative estimate of drug-likeness (QED) is 0.618. The second-order valence-electron chi connectivity index (χ2n) is 4.10. The zero-order valence-electron chi connectivity index (χ0n) is 9.23. The molecular formula is C13H16N2O. The monoisotopic (exact) mass is 216 g/mol. The first-order valence-electron chi connectivity index (χ1n) is 5.50. The molecule has 84 valence electrons. The highest BCUT2D eigenvalue weighted by Crippen LogP contribution is 2.28. The third kappa shape index (κ3) is 2.24. The maximum atomic E-state index is 12.2. The summed E-state index contributed by atoms with van der Waals surface area (Å²) in [4.78, 5) is 14.0. The van der Waals surface area contributed by atoms with Crippen molar-refractivity contribution in [3.8, 4) is 0 Å². The second-order valence-corrected chi connectivity index (χ2v) is 4.10. The van der Waals surface area contributed by atoms with Gasteiger partial charge in [-0.2, -0.15) is 0 Å². The molecule has 0 atom stereocenters. The van der Waals surface area contributed by atoms with Gasteiger partial charge < -0.3 is 10.6 Å². The van der Waals surface area contributed by atoms with Crippen molar-refractivity contribution in [3.05, 3.63) is 42.5 Å². The van der Waals surface area contributed by atoms with Gasteiger partial charge in [0.15, 0.2) is 0 Å². The lowest BCUT2D eigenvalue weighted by Crippen LogP contribution is -2.33. The van der Waals surface area contributed by atoms with Crippen molar-refractivity contribution in [3.63, 3.8) is 0 Å². The SMILES string of the molecule is C=CCN(C(=O)c1ccc(N)cc1)C1CC1. The number of nitrogens with zero attached hydrogens (tertiary/aromatic N) is 1. The number of anilines is 1. The summed E-state index contributed by atoms with van der Waals surface area (Å²) >= 11 is 0. The van der Waals surface area contributed by atoms with Crippen molar-refractivity contribution < 1.29 is 4.79 Å². The number of hydrogen-bond donors (Lipinski definition) is 1. The molecule has 1 fully saturated rings. The van der Waals surface area contributed by atoms with Gasteiger partial charge in [0.25, 0.3) is 5.91 Å². The zero-order valence-corrected chi connectivity index (χ0v) is 9.23. The minimum absolute atomic E-state index is 0.0717. The van der Waals surface area contributed by atoms with Crippen molar-refractivity contribution in [1.82, 2.24) is 4.90 Å². The van der Waals surface area contributed by atoms with Crippen LogP contribution < -0.4 is 5.73 Å². The first kappa shape index (κ1) is 10.7. The van der Waals surface area contributed by atoms with E-state index in [0.717, 1.165) is 12.8 Å². The molecule has 1 aliphatic carbocycles. The van der Waals surface area contributed by atoms with Crippen molar-refractivity contribution in [1.29, 1.82) is 0 Å². The summed E-state index contributed by atoms with van der Waals surface area (Å²) in [7, 11) is 0. The summed E-state index contributed by atoms with van der Waals surface area (Å²) in [6.45, 7) is 4.31. The summed E-state index contributed by atoms with van der Waals surface area (Å²) in [6, 6.07) is 7.47. The molecule has 1 aliphatic rings. The topological polar surface area (TPSA) is 46.3 Å². The predicted octanol–water partition coefficient (Wildman–Crippen LogP) is 2.06. The molecule has 0 radical (unpaired) electrons. The van der Waals surface area contributed by atoms with Gasteiger partial charge in [-0.15, -0.1) is 6.58 Å². The lowest BCUT2D eigenvalue weighted by atomic mass is 10.2. The number of amides is 1. The molecule has 0 bridgehead atoms. The van der Waals surface area contributed by atoms with Gasteiger partial charge in [-0.25, -0.2) is 0 Å². The molecule has 0 aliphatic heterocycles. The fourth-order valence-electron chi connectivity index (χ4n) is 1.71. The summed E-state index contributed by atoms with van der Waals surface area (Å²) in [5.74, 6) is 0.0717. The highest BCUT2D eigenvalue weighted by atomic mass is 16.2. The number of nitrogens with two attached hydrogens (primary N) is 1. The van der Waals surface area contributed by atoms with E-state index in [1.54, 1.807) is 30.3 Å². The maximum absolute atomic E-state index is 12.2. The number of carbonyl (C=O) groups excluding carboxylic acids is 1. The first-order chi connectivity index (χ1) is 7.72. The fourth-order valence-corrected chi connectivity index (χ4v) is 1.71. The normalized spacial score (nSPS) is 14.5. The van der Waals surface area contributed by atoms with Gasteiger partial charge in [0.1, 0.15) is 0 Å². The zero-order chi connectivity index (χ0) is 11.5. The maximum Gasteiger partial charge on any atom is 0.254 e. The van der Waals surface area contributed by atoms with Crippen molar-refractivity contribution in [2.24, 2.45) is 0 Å². The van der Waals surface area contributed by atoms with Gasteiger partial charge in [-0.05, 0) is 37.1 Å². The molecule has 3 heteroatoms. The molecule has 0 heterocycles. The van der Waals surface area contributed by atoms with Gasteiger partial charge >= 0.3 is 0 Å². The van der Waals surface area contributed by atoms with Crippen LogP contribution in [0.5, 0.6) is 0 Å². The van der Waals surface area contributed by atoms with Crippen LogP contribution in [0.1, 0.15) is 23.2 Å². The number of benzene rings is 1. The van der Waals surface area contributed by atoms with Crippen LogP contribution in [0.15, 0.2) is 36.9 Å². The fraction of sp³-hybridized carbons (Fsp3) is 0.308. The minimum atomic E-state index is 0.0717. The van der Waals surface area contributed by atoms with Crippen LogP contribution in [0, 0.1) is 0 Å². The standard InChI is InChI=1S/C13H16N2O/c1-2-9-15(12-7-8-12)13(16)10-3-5-11(14)6-4-10/h2-6,12H,1,7-9,14H2. The largest absolute Gasteiger partial charge is 0.399 e. The van der Waals surface area contributed by atoms with E-state index in [9.17, 15) is 4.79 Å². The highest BCUT2D eigenvalue weighted by molar-refractivity contribution is 5.95. The van der Waals surface area contributed by atoms with E-state index in [1.807, 2.05) is 4.90 Å². The molecule has 2 N–H and O–H groups in total. The number of rotatable bonds is 4. The summed E-state index contributed by atoms with van der Waals surface area (Å²) < 4.78 is 0. The first-order valence-corrected chi connectivity index (χ1v) is 5.50. The van der Waals surface area contributed by atoms with Gasteiger partial charge in [0, 0.05) is 23.8 Å². The summed E-state index contributed by atoms with van der Waals surface area (Å²) in [5.41, 5.74) is 6.97. The van der Waals surface area contributed by atoms with Crippen LogP contribution >= 0.6 is 0 Å². The molecule has 1 aromatic rings. The third-order valence-corrected chi connectivity index (χ3v) is 2.73. The number of carbonyl (C=O) groups is 1. The molecule has 0 aromatic heterocycles. The smallest absolute Gasteiger partial charge is 0.254 e. The molecule has 1 amide bonds. The van der Waals surface area contributed by atoms with Gasteiger partial charge in [-0.3, -0.25) is 4.79 Å². The predicted molar refractivity (Wildman–Crippen MR) is 65.1 cm³/mol. The van der Waals surface area contributed by atoms with Crippen molar-refractivity contribution >= 4 is 11.6 Å². The van der Waals surface area contributed by atoms with Crippen molar-refractivity contribution in [2.45, 2.75) is 18.9 Å². The third-order valence-electron chi connectivity index (χ3n) is 2.73. The molecule has 1 saturated carbocycles. The second kappa shape index (κ2) is 4.39. The van der Waals surface area contributed by atoms with E-state index in [0.29, 0.717) is 23.8 Å². The lowest BCUT2D eigenvalue weighted by Gasteiger charge is -2.20. The highest BCUT2D eigenvalue weighted by Gasteiger charge is 2.31. The van der Waals surface area contributed by atoms with Crippen LogP contribution in [0.25, 0.3) is 0 Å². The Morgan fingerprint density at radius 3 is 2.56 bits per heavy atom. The van der Waals surface area contributed by atoms with E-state index in [-0.39, 0.29) is 5.91 Å². The Morgan fingerprint density at radius 1 is 1.44 bits per heavy atom. The molecule has 0 unspecified atom stereocenters. The molecule has 1 aromatic carbocycles. The average Bonchev–Trinajstić information content (AvgIpc) is 3.10. The molecular weight excluding hydrogens is 200 g/mol. The Labute approximate surface area is 95.6 Å². The molecule has 2 rings (SSSR count). The molecule has 0 saturated heterocycles. The number of nitrogen functional groups attached to an aromatic ring is 1. The summed E-state index contributed by atoms with van der Waals surface area (Å²) in [5, 5.41) is 0. The van der Waals surface area contributed by atoms with Crippen molar-refractivity contribution in [2.75, 3.05) is 12.3 Å². The van der Waals surface area contributed by atoms with Crippen LogP contribution in [0.3, 0.4) is 0 Å². The Balaban J connectivity index is 2.15. The van der Waals surface area contributed by atoms with Crippen LogP contribution in [0.2, 0.25) is 0 Å². The van der Waals surface area contributed by atoms with Crippen LogP contribution in [-0.4, -0.2) is 23.4 Å². The lowest BCUT2D eigenvalue weighted by molar-refractivity contribution is 0.0762. The Bertz CT molecular complexity index is 393. The average molecular weight is 216 g/mol. The Hall–Kier alpha value is -1.77. The number of hydrogen-bond acceptors (Lipinski definition) is 2. The van der Waals surface area contributed by atoms with Gasteiger partial charge in [0.2, 0.25) is 0 Å². The van der Waals surface area contributed by atoms with E-state index in [4.69, 9.17) is 5.73 Å². The molecule has 16 heavy (non-hydrogen) atoms.